The minimum absolute atomic E-state index is 0.944. The van der Waals surface area contributed by atoms with Gasteiger partial charge in [0.05, 0.1) is 32.2 Å². The SMILES string of the molecule is C[C@@H]1CCCC[C@@H]1[NH2+]C1CC[NH+](C)CC1. The van der Waals surface area contributed by atoms with E-state index in [-0.39, 0.29) is 0 Å². The molecule has 1 aliphatic heterocycles. The van der Waals surface area contributed by atoms with E-state index in [2.05, 4.69) is 19.3 Å². The van der Waals surface area contributed by atoms with E-state index in [1.54, 1.807) is 4.90 Å². The lowest BCUT2D eigenvalue weighted by Crippen LogP contribution is -3.12. The largest absolute Gasteiger partial charge is 0.341 e. The zero-order valence-corrected chi connectivity index (χ0v) is 10.5. The molecular formula is C13H28N2+2. The van der Waals surface area contributed by atoms with Gasteiger partial charge in [-0.1, -0.05) is 13.3 Å². The molecule has 0 spiro atoms. The van der Waals surface area contributed by atoms with E-state index in [0.717, 1.165) is 18.0 Å². The number of rotatable bonds is 2. The molecule has 0 aromatic rings. The molecule has 0 unspecified atom stereocenters. The molecule has 2 heteroatoms. The number of hydrogen-bond donors (Lipinski definition) is 2. The van der Waals surface area contributed by atoms with Gasteiger partial charge in [0, 0.05) is 18.8 Å². The van der Waals surface area contributed by atoms with Crippen LogP contribution in [0.2, 0.25) is 0 Å². The van der Waals surface area contributed by atoms with Crippen molar-refractivity contribution < 1.29 is 10.2 Å². The second-order valence-electron chi connectivity index (χ2n) is 5.91. The van der Waals surface area contributed by atoms with Crippen LogP contribution in [0, 0.1) is 5.92 Å². The van der Waals surface area contributed by atoms with Gasteiger partial charge in [0.15, 0.2) is 0 Å². The molecule has 0 amide bonds. The highest BCUT2D eigenvalue weighted by Gasteiger charge is 2.29. The Morgan fingerprint density at radius 1 is 1.00 bits per heavy atom. The lowest BCUT2D eigenvalue weighted by Gasteiger charge is -2.32. The highest BCUT2D eigenvalue weighted by Crippen LogP contribution is 2.21. The molecule has 15 heavy (non-hydrogen) atoms. The monoisotopic (exact) mass is 212 g/mol. The third-order valence-electron chi connectivity index (χ3n) is 4.58. The van der Waals surface area contributed by atoms with Crippen molar-refractivity contribution in [1.29, 1.82) is 0 Å². The number of quaternary nitrogens is 2. The predicted octanol–water partition coefficient (Wildman–Crippen LogP) is -0.194. The van der Waals surface area contributed by atoms with Crippen LogP contribution in [0.5, 0.6) is 0 Å². The maximum Gasteiger partial charge on any atom is 0.0969 e. The quantitative estimate of drug-likeness (QED) is 0.633. The van der Waals surface area contributed by atoms with Crippen LogP contribution >= 0.6 is 0 Å². The molecule has 0 aromatic carbocycles. The summed E-state index contributed by atoms with van der Waals surface area (Å²) < 4.78 is 0. The molecule has 2 atom stereocenters. The van der Waals surface area contributed by atoms with Gasteiger partial charge in [0.25, 0.3) is 0 Å². The molecule has 2 nitrogen and oxygen atoms in total. The van der Waals surface area contributed by atoms with Crippen LogP contribution in [0.1, 0.15) is 45.4 Å². The average molecular weight is 212 g/mol. The fourth-order valence-electron chi connectivity index (χ4n) is 3.31. The van der Waals surface area contributed by atoms with Crippen molar-refractivity contribution in [2.75, 3.05) is 20.1 Å². The van der Waals surface area contributed by atoms with E-state index in [4.69, 9.17) is 0 Å². The summed E-state index contributed by atoms with van der Waals surface area (Å²) >= 11 is 0. The molecule has 1 saturated heterocycles. The first-order valence-electron chi connectivity index (χ1n) is 6.92. The Hall–Kier alpha value is -0.0800. The first kappa shape index (κ1) is 11.4. The van der Waals surface area contributed by atoms with Gasteiger partial charge in [-0.15, -0.1) is 0 Å². The van der Waals surface area contributed by atoms with E-state index in [1.807, 2.05) is 0 Å². The zero-order valence-electron chi connectivity index (χ0n) is 10.5. The topological polar surface area (TPSA) is 21.1 Å². The Labute approximate surface area is 94.4 Å². The van der Waals surface area contributed by atoms with Gasteiger partial charge in [-0.3, -0.25) is 0 Å². The number of likely N-dealkylation sites (tertiary alicyclic amines) is 1. The minimum atomic E-state index is 0.944. The summed E-state index contributed by atoms with van der Waals surface area (Å²) in [4.78, 5) is 1.73. The summed E-state index contributed by atoms with van der Waals surface area (Å²) in [5, 5.41) is 2.73. The van der Waals surface area contributed by atoms with E-state index < -0.39 is 0 Å². The second-order valence-corrected chi connectivity index (χ2v) is 5.91. The first-order valence-corrected chi connectivity index (χ1v) is 6.92. The van der Waals surface area contributed by atoms with Crippen molar-refractivity contribution in [3.63, 3.8) is 0 Å². The molecule has 1 heterocycles. The van der Waals surface area contributed by atoms with Gasteiger partial charge in [-0.25, -0.2) is 0 Å². The molecule has 1 aliphatic carbocycles. The van der Waals surface area contributed by atoms with E-state index in [0.29, 0.717) is 0 Å². The summed E-state index contributed by atoms with van der Waals surface area (Å²) in [6.45, 7) is 5.24. The molecule has 0 bridgehead atoms. The fourth-order valence-corrected chi connectivity index (χ4v) is 3.31. The Bertz CT molecular complexity index is 185. The van der Waals surface area contributed by atoms with Crippen molar-refractivity contribution in [3.8, 4) is 0 Å². The smallest absolute Gasteiger partial charge is 0.0969 e. The van der Waals surface area contributed by atoms with Crippen LogP contribution in [0.25, 0.3) is 0 Å². The summed E-state index contributed by atoms with van der Waals surface area (Å²) in [6.07, 6.45) is 8.77. The van der Waals surface area contributed by atoms with Crippen LogP contribution in [-0.4, -0.2) is 32.2 Å². The summed E-state index contributed by atoms with van der Waals surface area (Å²) in [7, 11) is 2.33. The summed E-state index contributed by atoms with van der Waals surface area (Å²) in [6, 6.07) is 1.89. The Morgan fingerprint density at radius 3 is 2.33 bits per heavy atom. The van der Waals surface area contributed by atoms with Crippen molar-refractivity contribution in [3.05, 3.63) is 0 Å². The summed E-state index contributed by atoms with van der Waals surface area (Å²) in [5.41, 5.74) is 0. The first-order chi connectivity index (χ1) is 7.25. The van der Waals surface area contributed by atoms with Crippen LogP contribution in [-0.2, 0) is 0 Å². The van der Waals surface area contributed by atoms with Crippen molar-refractivity contribution in [2.45, 2.75) is 57.5 Å². The van der Waals surface area contributed by atoms with Crippen LogP contribution in [0.4, 0.5) is 0 Å². The highest BCUT2D eigenvalue weighted by molar-refractivity contribution is 4.71. The third kappa shape index (κ3) is 3.18. The number of piperidine rings is 1. The normalized spacial score (nSPS) is 42.8. The highest BCUT2D eigenvalue weighted by atomic mass is 15.1. The van der Waals surface area contributed by atoms with Crippen LogP contribution < -0.4 is 10.2 Å². The van der Waals surface area contributed by atoms with Gasteiger partial charge < -0.3 is 10.2 Å². The molecule has 0 aromatic heterocycles. The molecule has 88 valence electrons. The predicted molar refractivity (Wildman–Crippen MR) is 63.0 cm³/mol. The summed E-state index contributed by atoms with van der Waals surface area (Å²) in [5.74, 6) is 0.964. The molecular weight excluding hydrogens is 184 g/mol. The number of nitrogens with one attached hydrogen (secondary N) is 1. The van der Waals surface area contributed by atoms with Crippen LogP contribution in [0.15, 0.2) is 0 Å². The zero-order chi connectivity index (χ0) is 10.7. The van der Waals surface area contributed by atoms with Gasteiger partial charge in [0.2, 0.25) is 0 Å². The molecule has 3 N–H and O–H groups in total. The van der Waals surface area contributed by atoms with Gasteiger partial charge in [0.1, 0.15) is 0 Å². The van der Waals surface area contributed by atoms with E-state index >= 15 is 0 Å². The van der Waals surface area contributed by atoms with Crippen LogP contribution in [0.3, 0.4) is 0 Å². The lowest BCUT2D eigenvalue weighted by atomic mass is 9.85. The fraction of sp³-hybridized carbons (Fsp3) is 1.00. The molecule has 2 aliphatic rings. The maximum atomic E-state index is 2.73. The van der Waals surface area contributed by atoms with Gasteiger partial charge in [-0.2, -0.15) is 0 Å². The minimum Gasteiger partial charge on any atom is -0.341 e. The third-order valence-corrected chi connectivity index (χ3v) is 4.58. The Balaban J connectivity index is 1.75. The molecule has 0 radical (unpaired) electrons. The molecule has 2 rings (SSSR count). The Morgan fingerprint density at radius 2 is 1.67 bits per heavy atom. The van der Waals surface area contributed by atoms with E-state index in [9.17, 15) is 0 Å². The molecule has 2 fully saturated rings. The van der Waals surface area contributed by atoms with E-state index in [1.165, 1.54) is 51.6 Å². The van der Waals surface area contributed by atoms with Crippen molar-refractivity contribution in [2.24, 2.45) is 5.92 Å². The number of hydrogen-bond acceptors (Lipinski definition) is 0. The van der Waals surface area contributed by atoms with Crippen molar-refractivity contribution >= 4 is 0 Å². The van der Waals surface area contributed by atoms with Gasteiger partial charge in [-0.05, 0) is 19.3 Å². The average Bonchev–Trinajstić information content (AvgIpc) is 2.25. The van der Waals surface area contributed by atoms with Gasteiger partial charge >= 0.3 is 0 Å². The standard InChI is InChI=1S/C13H26N2/c1-11-5-3-4-6-13(11)14-12-7-9-15(2)10-8-12/h11-14H,3-10H2,1-2H3/p+2/t11-,13+/m1/s1. The van der Waals surface area contributed by atoms with Crippen molar-refractivity contribution in [1.82, 2.24) is 0 Å². The maximum absolute atomic E-state index is 2.73. The number of nitrogens with two attached hydrogens (primary N) is 1. The Kier molecular flexibility index (Phi) is 4.04. The molecule has 1 saturated carbocycles. The lowest BCUT2D eigenvalue weighted by molar-refractivity contribution is -0.895. The second kappa shape index (κ2) is 5.31.